The Morgan fingerprint density at radius 2 is 1.84 bits per heavy atom. The van der Waals surface area contributed by atoms with Gasteiger partial charge in [-0.1, -0.05) is 6.07 Å². The Labute approximate surface area is 190 Å². The van der Waals surface area contributed by atoms with Gasteiger partial charge in [-0.25, -0.2) is 9.97 Å². The first-order valence-electron chi connectivity index (χ1n) is 11.1. The Morgan fingerprint density at radius 3 is 2.47 bits per heavy atom. The summed E-state index contributed by atoms with van der Waals surface area (Å²) in [4.78, 5) is 11.9. The Morgan fingerprint density at radius 1 is 1.03 bits per heavy atom. The number of anilines is 1. The Kier molecular flexibility index (Phi) is 4.77. The smallest absolute Gasteiger partial charge is 0.194 e. The summed E-state index contributed by atoms with van der Waals surface area (Å²) in [5, 5.41) is 32.6. The molecule has 1 aliphatic carbocycles. The molecule has 32 heavy (non-hydrogen) atoms. The normalized spacial score (nSPS) is 24.3. The monoisotopic (exact) mass is 445 g/mol. The molecule has 3 aromatic rings. The van der Waals surface area contributed by atoms with E-state index >= 15 is 0 Å². The maximum Gasteiger partial charge on any atom is 0.194 e. The number of nitriles is 1. The molecular formula is C23H23N7OS. The zero-order valence-corrected chi connectivity index (χ0v) is 18.3. The highest BCUT2D eigenvalue weighted by molar-refractivity contribution is 7.15. The van der Waals surface area contributed by atoms with E-state index in [9.17, 15) is 5.11 Å². The molecule has 4 heterocycles. The molecule has 2 N–H and O–H groups in total. The van der Waals surface area contributed by atoms with Crippen molar-refractivity contribution >= 4 is 17.2 Å². The molecule has 3 aliphatic rings. The fourth-order valence-corrected chi connectivity index (χ4v) is 5.83. The molecule has 1 aromatic carbocycles. The third kappa shape index (κ3) is 3.59. The highest BCUT2D eigenvalue weighted by Crippen LogP contribution is 2.39. The maximum atomic E-state index is 10.6. The van der Waals surface area contributed by atoms with Crippen LogP contribution in [0.5, 0.6) is 5.75 Å². The molecule has 3 fully saturated rings. The number of piperidine rings is 1. The van der Waals surface area contributed by atoms with Gasteiger partial charge in [0.2, 0.25) is 0 Å². The Bertz CT molecular complexity index is 1170. The molecule has 6 rings (SSSR count). The van der Waals surface area contributed by atoms with Gasteiger partial charge in [-0.2, -0.15) is 5.26 Å². The third-order valence-corrected chi connectivity index (χ3v) is 7.67. The Hall–Kier alpha value is -3.09. The zero-order valence-electron chi connectivity index (χ0n) is 17.5. The van der Waals surface area contributed by atoms with Crippen LogP contribution in [0.1, 0.15) is 43.5 Å². The molecule has 2 saturated heterocycles. The van der Waals surface area contributed by atoms with Crippen molar-refractivity contribution in [3.05, 3.63) is 35.6 Å². The lowest BCUT2D eigenvalue weighted by Gasteiger charge is -2.38. The third-order valence-electron chi connectivity index (χ3n) is 6.72. The highest BCUT2D eigenvalue weighted by atomic mass is 32.1. The van der Waals surface area contributed by atoms with Gasteiger partial charge in [0, 0.05) is 30.4 Å². The molecule has 0 spiro atoms. The van der Waals surface area contributed by atoms with Gasteiger partial charge in [-0.15, -0.1) is 21.5 Å². The van der Waals surface area contributed by atoms with Gasteiger partial charge in [0.25, 0.3) is 0 Å². The van der Waals surface area contributed by atoms with E-state index in [0.29, 0.717) is 40.6 Å². The molecule has 2 aromatic heterocycles. The predicted octanol–water partition coefficient (Wildman–Crippen LogP) is 3.49. The summed E-state index contributed by atoms with van der Waals surface area (Å²) in [6.07, 6.45) is 10.7. The van der Waals surface area contributed by atoms with E-state index in [1.54, 1.807) is 24.5 Å². The van der Waals surface area contributed by atoms with Crippen LogP contribution < -0.4 is 10.2 Å². The SMILES string of the molecule is N#Cc1ncc(-c2ccc(-c3ncc(N(C4CC4)[C@@H]4C[C@H]5CC[C@@H](C4)N5)nn3)c(O)c2)s1. The first-order chi connectivity index (χ1) is 15.7. The van der Waals surface area contributed by atoms with Crippen molar-refractivity contribution < 1.29 is 5.11 Å². The lowest BCUT2D eigenvalue weighted by atomic mass is 9.98. The number of phenols is 1. The summed E-state index contributed by atoms with van der Waals surface area (Å²) in [6.45, 7) is 0. The second-order valence-electron chi connectivity index (χ2n) is 8.91. The molecule has 162 valence electrons. The summed E-state index contributed by atoms with van der Waals surface area (Å²) < 4.78 is 0. The molecule has 8 nitrogen and oxygen atoms in total. The topological polar surface area (TPSA) is 111 Å². The van der Waals surface area contributed by atoms with Crippen LogP contribution in [0.25, 0.3) is 21.8 Å². The van der Waals surface area contributed by atoms with Crippen LogP contribution in [0, 0.1) is 11.3 Å². The van der Waals surface area contributed by atoms with Crippen LogP contribution in [0.2, 0.25) is 0 Å². The van der Waals surface area contributed by atoms with Crippen molar-refractivity contribution in [2.24, 2.45) is 0 Å². The molecule has 0 amide bonds. The molecule has 2 aliphatic heterocycles. The van der Waals surface area contributed by atoms with Gasteiger partial charge in [0.05, 0.1) is 16.6 Å². The Balaban J connectivity index is 1.24. The molecule has 9 heteroatoms. The van der Waals surface area contributed by atoms with E-state index in [2.05, 4.69) is 30.4 Å². The largest absolute Gasteiger partial charge is 0.507 e. The van der Waals surface area contributed by atoms with Crippen molar-refractivity contribution in [2.45, 2.75) is 62.7 Å². The van der Waals surface area contributed by atoms with E-state index in [-0.39, 0.29) is 5.75 Å². The lowest BCUT2D eigenvalue weighted by Crippen LogP contribution is -2.49. The molecule has 0 unspecified atom stereocenters. The average molecular weight is 446 g/mol. The second kappa shape index (κ2) is 7.80. The van der Waals surface area contributed by atoms with Gasteiger partial charge in [0.15, 0.2) is 16.6 Å². The van der Waals surface area contributed by atoms with Crippen LogP contribution >= 0.6 is 11.3 Å². The van der Waals surface area contributed by atoms with Crippen molar-refractivity contribution in [1.82, 2.24) is 25.5 Å². The van der Waals surface area contributed by atoms with E-state index in [1.165, 1.54) is 37.0 Å². The molecular weight excluding hydrogens is 422 g/mol. The number of aromatic hydroxyl groups is 1. The van der Waals surface area contributed by atoms with Crippen molar-refractivity contribution in [3.8, 4) is 33.6 Å². The summed E-state index contributed by atoms with van der Waals surface area (Å²) in [7, 11) is 0. The summed E-state index contributed by atoms with van der Waals surface area (Å²) in [5.41, 5.74) is 1.34. The summed E-state index contributed by atoms with van der Waals surface area (Å²) >= 11 is 1.29. The fraction of sp³-hybridized carbons (Fsp3) is 0.435. The van der Waals surface area contributed by atoms with Crippen LogP contribution in [0.4, 0.5) is 5.82 Å². The van der Waals surface area contributed by atoms with E-state index in [4.69, 9.17) is 5.26 Å². The van der Waals surface area contributed by atoms with Crippen molar-refractivity contribution in [1.29, 1.82) is 5.26 Å². The van der Waals surface area contributed by atoms with Gasteiger partial charge in [0.1, 0.15) is 11.8 Å². The predicted molar refractivity (Wildman–Crippen MR) is 121 cm³/mol. The number of rotatable bonds is 5. The second-order valence-corrected chi connectivity index (χ2v) is 9.95. The number of benzene rings is 1. The standard InChI is InChI=1S/C23H23N7OS/c24-10-22-25-11-20(32-22)13-1-6-18(19(31)7-13)23-26-12-21(28-29-23)30(16-4-5-16)17-8-14-2-3-15(9-17)27-14/h1,6-7,11-12,14-17,27,31H,2-5,8-9H2/t14-,15+,17-. The number of nitrogens with zero attached hydrogens (tertiary/aromatic N) is 6. The minimum atomic E-state index is 0.0814. The fourth-order valence-electron chi connectivity index (χ4n) is 5.12. The number of hydrogen-bond donors (Lipinski definition) is 2. The van der Waals surface area contributed by atoms with Gasteiger partial charge < -0.3 is 15.3 Å². The molecule has 3 atom stereocenters. The van der Waals surface area contributed by atoms with Crippen LogP contribution in [0.3, 0.4) is 0 Å². The van der Waals surface area contributed by atoms with Crippen molar-refractivity contribution in [2.75, 3.05) is 4.90 Å². The molecule has 0 radical (unpaired) electrons. The lowest BCUT2D eigenvalue weighted by molar-refractivity contribution is 0.343. The van der Waals surface area contributed by atoms with Crippen molar-refractivity contribution in [3.63, 3.8) is 0 Å². The number of thiazole rings is 1. The molecule has 1 saturated carbocycles. The average Bonchev–Trinajstić information content (AvgIpc) is 3.41. The number of fused-ring (bicyclic) bond motifs is 2. The maximum absolute atomic E-state index is 10.6. The van der Waals surface area contributed by atoms with Crippen LogP contribution in [-0.4, -0.2) is 49.4 Å². The first kappa shape index (κ1) is 19.6. The first-order valence-corrected chi connectivity index (χ1v) is 11.9. The minimum Gasteiger partial charge on any atom is -0.507 e. The summed E-state index contributed by atoms with van der Waals surface area (Å²) in [6, 6.07) is 9.64. The van der Waals surface area contributed by atoms with E-state index in [1.807, 2.05) is 12.1 Å². The summed E-state index contributed by atoms with van der Waals surface area (Å²) in [5.74, 6) is 1.33. The highest BCUT2D eigenvalue weighted by Gasteiger charge is 2.41. The van der Waals surface area contributed by atoms with Gasteiger partial charge in [-0.3, -0.25) is 0 Å². The van der Waals surface area contributed by atoms with E-state index < -0.39 is 0 Å². The quantitative estimate of drug-likeness (QED) is 0.614. The molecule has 2 bridgehead atoms. The van der Waals surface area contributed by atoms with Gasteiger partial charge in [-0.05, 0) is 56.2 Å². The van der Waals surface area contributed by atoms with E-state index in [0.717, 1.165) is 29.1 Å². The van der Waals surface area contributed by atoms with Gasteiger partial charge >= 0.3 is 0 Å². The number of phenolic OH excluding ortho intramolecular Hbond substituents is 1. The number of nitrogens with one attached hydrogen (secondary N) is 1. The zero-order chi connectivity index (χ0) is 21.7. The van der Waals surface area contributed by atoms with Crippen LogP contribution in [-0.2, 0) is 0 Å². The minimum absolute atomic E-state index is 0.0814. The number of aromatic nitrogens is 4. The number of hydrogen-bond acceptors (Lipinski definition) is 9. The van der Waals surface area contributed by atoms with Crippen LogP contribution in [0.15, 0.2) is 30.6 Å².